The molecule has 1 N–H and O–H groups in total. The molecule has 1 aliphatic carbocycles. The number of rotatable bonds is 4. The molecule has 0 saturated heterocycles. The molecule has 1 atom stereocenters. The third-order valence-corrected chi connectivity index (χ3v) is 5.86. The summed E-state index contributed by atoms with van der Waals surface area (Å²) in [6.07, 6.45) is 2.31. The van der Waals surface area contributed by atoms with E-state index < -0.39 is 0 Å². The number of nitrogens with zero attached hydrogens (tertiary/aromatic N) is 2. The Kier molecular flexibility index (Phi) is 5.48. The van der Waals surface area contributed by atoms with Gasteiger partial charge in [-0.2, -0.15) is 0 Å². The van der Waals surface area contributed by atoms with Crippen LogP contribution in [0.2, 0.25) is 0 Å². The van der Waals surface area contributed by atoms with E-state index in [0.29, 0.717) is 29.7 Å². The zero-order valence-corrected chi connectivity index (χ0v) is 17.7. The molecule has 0 bridgehead atoms. The fraction of sp³-hybridized carbons (Fsp3) is 0.111. The topological polar surface area (TPSA) is 72.0 Å². The zero-order valence-electron chi connectivity index (χ0n) is 17.7. The van der Waals surface area contributed by atoms with E-state index in [0.717, 1.165) is 16.7 Å². The van der Waals surface area contributed by atoms with Crippen LogP contribution in [0.5, 0.6) is 0 Å². The highest BCUT2D eigenvalue weighted by atomic mass is 19.1. The summed E-state index contributed by atoms with van der Waals surface area (Å²) < 4.78 is 13.3. The van der Waals surface area contributed by atoms with Crippen molar-refractivity contribution < 1.29 is 14.0 Å². The van der Waals surface area contributed by atoms with Crippen LogP contribution in [0, 0.1) is 5.82 Å². The number of fused-ring (bicyclic) bond motifs is 1. The van der Waals surface area contributed by atoms with Gasteiger partial charge in [0.05, 0.1) is 11.3 Å². The van der Waals surface area contributed by atoms with Crippen LogP contribution < -0.4 is 5.32 Å². The number of hydrogen-bond donors (Lipinski definition) is 1. The van der Waals surface area contributed by atoms with E-state index in [4.69, 9.17) is 0 Å². The lowest BCUT2D eigenvalue weighted by atomic mass is 9.82. The molecule has 0 radical (unpaired) electrons. The first-order valence-electron chi connectivity index (χ1n) is 10.7. The highest BCUT2D eigenvalue weighted by Crippen LogP contribution is 2.32. The SMILES string of the molecule is O=C(Nc1ncc2c(n1)CC(c1ccc(F)cc1)CC2=O)c1ccc(-c2ccccc2)cc1. The number of amides is 1. The molecule has 3 aromatic carbocycles. The van der Waals surface area contributed by atoms with Crippen molar-refractivity contribution in [3.8, 4) is 11.1 Å². The van der Waals surface area contributed by atoms with Crippen LogP contribution in [-0.4, -0.2) is 21.7 Å². The Morgan fingerprint density at radius 2 is 1.58 bits per heavy atom. The van der Waals surface area contributed by atoms with Gasteiger partial charge in [0.25, 0.3) is 5.91 Å². The minimum Gasteiger partial charge on any atom is -0.294 e. The van der Waals surface area contributed by atoms with E-state index in [1.807, 2.05) is 42.5 Å². The maximum absolute atomic E-state index is 13.3. The molecule has 6 heteroatoms. The van der Waals surface area contributed by atoms with E-state index in [1.54, 1.807) is 24.3 Å². The molecule has 33 heavy (non-hydrogen) atoms. The maximum Gasteiger partial charge on any atom is 0.258 e. The Labute approximate surface area is 190 Å². The van der Waals surface area contributed by atoms with E-state index in [1.165, 1.54) is 18.3 Å². The van der Waals surface area contributed by atoms with Crippen molar-refractivity contribution in [3.05, 3.63) is 113 Å². The number of anilines is 1. The molecular weight excluding hydrogens is 417 g/mol. The first-order valence-corrected chi connectivity index (χ1v) is 10.7. The molecule has 1 heterocycles. The molecule has 1 amide bonds. The van der Waals surface area contributed by atoms with Crippen molar-refractivity contribution in [2.75, 3.05) is 5.32 Å². The number of Topliss-reactive ketones (excluding diaryl/α,β-unsaturated/α-hetero) is 1. The Morgan fingerprint density at radius 3 is 2.30 bits per heavy atom. The van der Waals surface area contributed by atoms with Crippen LogP contribution in [0.1, 0.15) is 44.3 Å². The Morgan fingerprint density at radius 1 is 0.879 bits per heavy atom. The van der Waals surface area contributed by atoms with E-state index >= 15 is 0 Å². The Bertz CT molecular complexity index is 1320. The molecule has 0 spiro atoms. The molecule has 5 rings (SSSR count). The van der Waals surface area contributed by atoms with Crippen molar-refractivity contribution >= 4 is 17.6 Å². The third-order valence-electron chi connectivity index (χ3n) is 5.86. The lowest BCUT2D eigenvalue weighted by molar-refractivity contribution is 0.0962. The fourth-order valence-corrected chi connectivity index (χ4v) is 4.09. The summed E-state index contributed by atoms with van der Waals surface area (Å²) in [5, 5.41) is 2.72. The molecule has 0 fully saturated rings. The van der Waals surface area contributed by atoms with Gasteiger partial charge < -0.3 is 0 Å². The first kappa shape index (κ1) is 20.7. The number of carbonyl (C=O) groups excluding carboxylic acids is 2. The van der Waals surface area contributed by atoms with Crippen molar-refractivity contribution in [3.63, 3.8) is 0 Å². The van der Waals surface area contributed by atoms with Crippen molar-refractivity contribution in [1.82, 2.24) is 9.97 Å². The molecule has 1 aliphatic rings. The van der Waals surface area contributed by atoms with Crippen LogP contribution >= 0.6 is 0 Å². The number of carbonyl (C=O) groups is 2. The highest BCUT2D eigenvalue weighted by Gasteiger charge is 2.28. The zero-order chi connectivity index (χ0) is 22.8. The number of benzene rings is 3. The Hall–Kier alpha value is -4.19. The average Bonchev–Trinajstić information content (AvgIpc) is 2.85. The predicted molar refractivity (Wildman–Crippen MR) is 124 cm³/mol. The van der Waals surface area contributed by atoms with Gasteiger partial charge >= 0.3 is 0 Å². The van der Waals surface area contributed by atoms with Gasteiger partial charge in [-0.05, 0) is 53.3 Å². The fourth-order valence-electron chi connectivity index (χ4n) is 4.09. The normalized spacial score (nSPS) is 15.1. The van der Waals surface area contributed by atoms with Crippen LogP contribution in [0.3, 0.4) is 0 Å². The monoisotopic (exact) mass is 437 g/mol. The highest BCUT2D eigenvalue weighted by molar-refractivity contribution is 6.04. The summed E-state index contributed by atoms with van der Waals surface area (Å²) >= 11 is 0. The summed E-state index contributed by atoms with van der Waals surface area (Å²) in [6.45, 7) is 0. The van der Waals surface area contributed by atoms with Gasteiger partial charge in [0.15, 0.2) is 5.78 Å². The first-order chi connectivity index (χ1) is 16.1. The smallest absolute Gasteiger partial charge is 0.258 e. The van der Waals surface area contributed by atoms with Crippen LogP contribution in [-0.2, 0) is 6.42 Å². The number of aromatic nitrogens is 2. The second kappa shape index (κ2) is 8.74. The van der Waals surface area contributed by atoms with Crippen LogP contribution in [0.25, 0.3) is 11.1 Å². The molecule has 0 aliphatic heterocycles. The standard InChI is InChI=1S/C27H20FN3O2/c28-22-12-10-19(11-13-22)21-14-24-23(25(32)15-21)16-29-27(30-24)31-26(33)20-8-6-18(7-9-20)17-4-2-1-3-5-17/h1-13,16,21H,14-15H2,(H,29,30,31,33). The summed E-state index contributed by atoms with van der Waals surface area (Å²) in [5.74, 6) is -0.634. The summed E-state index contributed by atoms with van der Waals surface area (Å²) in [5.41, 5.74) is 4.52. The number of hydrogen-bond acceptors (Lipinski definition) is 4. The van der Waals surface area contributed by atoms with Crippen LogP contribution in [0.15, 0.2) is 85.1 Å². The number of halogens is 1. The molecule has 4 aromatic rings. The van der Waals surface area contributed by atoms with E-state index in [9.17, 15) is 14.0 Å². The van der Waals surface area contributed by atoms with Gasteiger partial charge in [0.1, 0.15) is 5.82 Å². The van der Waals surface area contributed by atoms with Gasteiger partial charge in [-0.25, -0.2) is 14.4 Å². The lowest BCUT2D eigenvalue weighted by Gasteiger charge is -2.23. The lowest BCUT2D eigenvalue weighted by Crippen LogP contribution is -2.22. The van der Waals surface area contributed by atoms with Crippen molar-refractivity contribution in [1.29, 1.82) is 0 Å². The van der Waals surface area contributed by atoms with Crippen molar-refractivity contribution in [2.45, 2.75) is 18.8 Å². The second-order valence-corrected chi connectivity index (χ2v) is 8.03. The molecule has 0 saturated carbocycles. The van der Waals surface area contributed by atoms with Gasteiger partial charge in [0.2, 0.25) is 5.95 Å². The Balaban J connectivity index is 1.33. The summed E-state index contributed by atoms with van der Waals surface area (Å²) in [7, 11) is 0. The van der Waals surface area contributed by atoms with Gasteiger partial charge in [0, 0.05) is 18.2 Å². The largest absolute Gasteiger partial charge is 0.294 e. The summed E-state index contributed by atoms with van der Waals surface area (Å²) in [6, 6.07) is 23.4. The summed E-state index contributed by atoms with van der Waals surface area (Å²) in [4.78, 5) is 33.9. The molecular formula is C27H20FN3O2. The quantitative estimate of drug-likeness (QED) is 0.461. The van der Waals surface area contributed by atoms with Gasteiger partial charge in [-0.3, -0.25) is 14.9 Å². The van der Waals surface area contributed by atoms with E-state index in [2.05, 4.69) is 15.3 Å². The average molecular weight is 437 g/mol. The maximum atomic E-state index is 13.3. The minimum atomic E-state index is -0.327. The number of nitrogens with one attached hydrogen (secondary N) is 1. The predicted octanol–water partition coefficient (Wildman–Crippen LogP) is 5.45. The molecule has 5 nitrogen and oxygen atoms in total. The molecule has 1 unspecified atom stereocenters. The minimum absolute atomic E-state index is 0.0556. The van der Waals surface area contributed by atoms with Crippen molar-refractivity contribution in [2.24, 2.45) is 0 Å². The van der Waals surface area contributed by atoms with Gasteiger partial charge in [-0.1, -0.05) is 54.6 Å². The number of ketones is 1. The van der Waals surface area contributed by atoms with E-state index in [-0.39, 0.29) is 29.4 Å². The molecule has 162 valence electrons. The second-order valence-electron chi connectivity index (χ2n) is 8.03. The van der Waals surface area contributed by atoms with Crippen LogP contribution in [0.4, 0.5) is 10.3 Å². The van der Waals surface area contributed by atoms with Gasteiger partial charge in [-0.15, -0.1) is 0 Å². The third kappa shape index (κ3) is 4.41. The molecule has 1 aromatic heterocycles.